The maximum absolute atomic E-state index is 12.6. The lowest BCUT2D eigenvalue weighted by molar-refractivity contribution is -0.126. The molecule has 9 heteroatoms. The summed E-state index contributed by atoms with van der Waals surface area (Å²) >= 11 is 1.40. The Morgan fingerprint density at radius 1 is 1.24 bits per heavy atom. The third-order valence-corrected chi connectivity index (χ3v) is 8.94. The first kappa shape index (κ1) is 20.7. The van der Waals surface area contributed by atoms with Gasteiger partial charge in [0, 0.05) is 36.3 Å². The van der Waals surface area contributed by atoms with Gasteiger partial charge in [-0.2, -0.15) is 4.99 Å². The van der Waals surface area contributed by atoms with E-state index in [-0.39, 0.29) is 28.7 Å². The number of aliphatic imine (C=N–C) groups is 1. The molecule has 0 radical (unpaired) electrons. The van der Waals surface area contributed by atoms with Gasteiger partial charge in [0.15, 0.2) is 15.0 Å². The van der Waals surface area contributed by atoms with Crippen LogP contribution < -0.4 is 9.80 Å². The summed E-state index contributed by atoms with van der Waals surface area (Å²) in [5, 5.41) is 0.490. The molecule has 3 fully saturated rings. The van der Waals surface area contributed by atoms with Gasteiger partial charge in [0.25, 0.3) is 5.91 Å². The van der Waals surface area contributed by atoms with Crippen LogP contribution in [-0.4, -0.2) is 68.1 Å². The summed E-state index contributed by atoms with van der Waals surface area (Å²) in [7, 11) is -3.08. The average Bonchev–Trinajstić information content (AvgIpc) is 3.38. The fourth-order valence-corrected chi connectivity index (χ4v) is 8.14. The summed E-state index contributed by atoms with van der Waals surface area (Å²) in [6.07, 6.45) is 1.09. The first-order chi connectivity index (χ1) is 13.9. The smallest absolute Gasteiger partial charge is 0.277 e. The first-order valence-corrected chi connectivity index (χ1v) is 12.9. The van der Waals surface area contributed by atoms with E-state index in [4.69, 9.17) is 4.74 Å². The number of anilines is 2. The molecule has 3 aliphatic heterocycles. The molecule has 0 spiro atoms. The Bertz CT molecular complexity index is 891. The van der Waals surface area contributed by atoms with Gasteiger partial charge in [-0.1, -0.05) is 11.8 Å². The van der Waals surface area contributed by atoms with Crippen LogP contribution in [0.1, 0.15) is 26.7 Å². The molecule has 0 unspecified atom stereocenters. The predicted molar refractivity (Wildman–Crippen MR) is 118 cm³/mol. The van der Waals surface area contributed by atoms with Crippen LogP contribution in [0.25, 0.3) is 0 Å². The molecule has 158 valence electrons. The molecule has 0 aliphatic carbocycles. The molecule has 0 bridgehead atoms. The van der Waals surface area contributed by atoms with Crippen LogP contribution in [0.4, 0.5) is 11.4 Å². The molecule has 4 rings (SSSR count). The number of sulfone groups is 1. The third kappa shape index (κ3) is 4.18. The summed E-state index contributed by atoms with van der Waals surface area (Å²) in [5.41, 5.74) is 1.99. The second-order valence-electron chi connectivity index (χ2n) is 7.59. The Balaban J connectivity index is 1.64. The Labute approximate surface area is 176 Å². The van der Waals surface area contributed by atoms with Gasteiger partial charge >= 0.3 is 0 Å². The molecular weight excluding hydrogens is 410 g/mol. The number of hydrogen-bond acceptors (Lipinski definition) is 6. The van der Waals surface area contributed by atoms with Crippen molar-refractivity contribution in [1.82, 2.24) is 0 Å². The number of thioether (sulfide) groups is 1. The molecule has 3 aliphatic rings. The number of ether oxygens (including phenoxy) is 1. The van der Waals surface area contributed by atoms with Crippen molar-refractivity contribution in [3.05, 3.63) is 24.3 Å². The third-order valence-electron chi connectivity index (χ3n) is 5.73. The molecule has 3 saturated heterocycles. The van der Waals surface area contributed by atoms with E-state index in [9.17, 15) is 13.2 Å². The summed E-state index contributed by atoms with van der Waals surface area (Å²) in [4.78, 5) is 21.1. The van der Waals surface area contributed by atoms with Crippen molar-refractivity contribution in [1.29, 1.82) is 0 Å². The van der Waals surface area contributed by atoms with E-state index in [1.54, 1.807) is 0 Å². The van der Waals surface area contributed by atoms with E-state index in [1.165, 1.54) is 11.8 Å². The number of benzene rings is 1. The summed E-state index contributed by atoms with van der Waals surface area (Å²) in [6, 6.07) is 7.88. The van der Waals surface area contributed by atoms with Crippen LogP contribution in [0.3, 0.4) is 0 Å². The van der Waals surface area contributed by atoms with Crippen LogP contribution in [0.5, 0.6) is 0 Å². The van der Waals surface area contributed by atoms with E-state index in [1.807, 2.05) is 29.2 Å². The minimum absolute atomic E-state index is 0.0929. The van der Waals surface area contributed by atoms with E-state index >= 15 is 0 Å². The molecule has 29 heavy (non-hydrogen) atoms. The van der Waals surface area contributed by atoms with Crippen LogP contribution in [-0.2, 0) is 19.4 Å². The van der Waals surface area contributed by atoms with Crippen molar-refractivity contribution < 1.29 is 17.9 Å². The molecule has 1 aromatic rings. The van der Waals surface area contributed by atoms with Gasteiger partial charge in [0.05, 0.1) is 17.5 Å². The van der Waals surface area contributed by atoms with Crippen molar-refractivity contribution in [3.63, 3.8) is 0 Å². The Hall–Kier alpha value is -1.58. The lowest BCUT2D eigenvalue weighted by Crippen LogP contribution is -2.38. The zero-order valence-corrected chi connectivity index (χ0v) is 18.4. The predicted octanol–water partition coefficient (Wildman–Crippen LogP) is 2.31. The minimum Gasteiger partial charge on any atom is -0.372 e. The van der Waals surface area contributed by atoms with Gasteiger partial charge in [0.2, 0.25) is 0 Å². The molecular formula is C20H27N3O4S2. The van der Waals surface area contributed by atoms with Crippen LogP contribution >= 0.6 is 11.8 Å². The molecule has 1 amide bonds. The number of amidine groups is 1. The van der Waals surface area contributed by atoms with Gasteiger partial charge in [-0.25, -0.2) is 8.42 Å². The van der Waals surface area contributed by atoms with E-state index < -0.39 is 15.9 Å². The lowest BCUT2D eigenvalue weighted by atomic mass is 10.2. The number of hydrogen-bond donors (Lipinski definition) is 0. The highest BCUT2D eigenvalue weighted by molar-refractivity contribution is 8.16. The van der Waals surface area contributed by atoms with Gasteiger partial charge < -0.3 is 14.5 Å². The Kier molecular flexibility index (Phi) is 5.90. The lowest BCUT2D eigenvalue weighted by Gasteiger charge is -2.26. The van der Waals surface area contributed by atoms with Crippen molar-refractivity contribution in [2.75, 3.05) is 41.0 Å². The van der Waals surface area contributed by atoms with E-state index in [0.717, 1.165) is 30.9 Å². The van der Waals surface area contributed by atoms with Gasteiger partial charge in [-0.15, -0.1) is 0 Å². The zero-order valence-electron chi connectivity index (χ0n) is 16.8. The Morgan fingerprint density at radius 3 is 2.59 bits per heavy atom. The highest BCUT2D eigenvalue weighted by Crippen LogP contribution is 2.41. The molecule has 3 atom stereocenters. The SMILES string of the molecule is CCN(CC)c1ccc(N2C(=NC(=O)[C@@H]3CCCO3)S[C@H]3CS(=O)(=O)C[C@H]32)cc1. The fourth-order valence-electron chi connectivity index (χ4n) is 4.22. The monoisotopic (exact) mass is 437 g/mol. The largest absolute Gasteiger partial charge is 0.372 e. The first-order valence-electron chi connectivity index (χ1n) is 10.2. The molecule has 1 aromatic carbocycles. The van der Waals surface area contributed by atoms with Crippen LogP contribution in [0.15, 0.2) is 29.3 Å². The van der Waals surface area contributed by atoms with Gasteiger partial charge in [-0.05, 0) is 51.0 Å². The zero-order chi connectivity index (χ0) is 20.6. The molecule has 0 aromatic heterocycles. The standard InChI is InChI=1S/C20H27N3O4S2/c1-3-22(4-2)14-7-9-15(10-8-14)23-16-12-29(25,26)13-18(16)28-20(23)21-19(24)17-6-5-11-27-17/h7-10,16-18H,3-6,11-13H2,1-2H3/t16-,17+,18+/m1/s1. The average molecular weight is 438 g/mol. The normalized spacial score (nSPS) is 29.4. The number of rotatable bonds is 5. The summed E-state index contributed by atoms with van der Waals surface area (Å²) in [5.74, 6) is -0.0448. The van der Waals surface area contributed by atoms with E-state index in [0.29, 0.717) is 18.2 Å². The highest BCUT2D eigenvalue weighted by Gasteiger charge is 2.49. The maximum Gasteiger partial charge on any atom is 0.277 e. The number of fused-ring (bicyclic) bond motifs is 1. The van der Waals surface area contributed by atoms with E-state index in [2.05, 4.69) is 23.7 Å². The quantitative estimate of drug-likeness (QED) is 0.699. The van der Waals surface area contributed by atoms with Crippen LogP contribution in [0.2, 0.25) is 0 Å². The highest BCUT2D eigenvalue weighted by atomic mass is 32.2. The summed E-state index contributed by atoms with van der Waals surface area (Å²) in [6.45, 7) is 6.66. The van der Waals surface area contributed by atoms with Crippen molar-refractivity contribution in [3.8, 4) is 0 Å². The molecule has 3 heterocycles. The van der Waals surface area contributed by atoms with Crippen LogP contribution in [0, 0.1) is 0 Å². The topological polar surface area (TPSA) is 79.3 Å². The van der Waals surface area contributed by atoms with Crippen molar-refractivity contribution in [2.24, 2.45) is 4.99 Å². The van der Waals surface area contributed by atoms with Crippen molar-refractivity contribution >= 4 is 44.0 Å². The number of carbonyl (C=O) groups is 1. The Morgan fingerprint density at radius 2 is 1.97 bits per heavy atom. The van der Waals surface area contributed by atoms with Crippen molar-refractivity contribution in [2.45, 2.75) is 44.1 Å². The number of nitrogens with zero attached hydrogens (tertiary/aromatic N) is 3. The number of amides is 1. The summed E-state index contributed by atoms with van der Waals surface area (Å²) < 4.78 is 29.9. The number of carbonyl (C=O) groups excluding carboxylic acids is 1. The second-order valence-corrected chi connectivity index (χ2v) is 11.0. The van der Waals surface area contributed by atoms with Gasteiger partial charge in [0.1, 0.15) is 6.10 Å². The molecule has 7 nitrogen and oxygen atoms in total. The fraction of sp³-hybridized carbons (Fsp3) is 0.600. The second kappa shape index (κ2) is 8.28. The molecule has 0 saturated carbocycles. The van der Waals surface area contributed by atoms with Gasteiger partial charge in [-0.3, -0.25) is 4.79 Å². The minimum atomic E-state index is -3.08. The maximum atomic E-state index is 12.6. The molecule has 0 N–H and O–H groups in total.